The molecule has 25 heavy (non-hydrogen) atoms. The molecule has 0 saturated heterocycles. The quantitative estimate of drug-likeness (QED) is 0.739. The van der Waals surface area contributed by atoms with Crippen LogP contribution < -0.4 is 10.1 Å². The van der Waals surface area contributed by atoms with Crippen LogP contribution in [0, 0.1) is 5.82 Å². The van der Waals surface area contributed by atoms with Gasteiger partial charge in [-0.05, 0) is 47.2 Å². The van der Waals surface area contributed by atoms with Crippen LogP contribution in [-0.4, -0.2) is 33.2 Å². The number of hydrogen-bond donors (Lipinski definition) is 1. The lowest BCUT2D eigenvalue weighted by Crippen LogP contribution is -2.28. The van der Waals surface area contributed by atoms with Crippen molar-refractivity contribution < 1.29 is 13.9 Å². The third-order valence-corrected chi connectivity index (χ3v) is 3.46. The van der Waals surface area contributed by atoms with Crippen molar-refractivity contribution in [2.24, 2.45) is 0 Å². The summed E-state index contributed by atoms with van der Waals surface area (Å²) in [5.41, 5.74) is 1.55. The summed E-state index contributed by atoms with van der Waals surface area (Å²) in [4.78, 5) is 13.2. The average Bonchev–Trinajstić information content (AvgIpc) is 3.09. The van der Waals surface area contributed by atoms with Crippen molar-refractivity contribution in [3.8, 4) is 17.1 Å². The van der Waals surface area contributed by atoms with Gasteiger partial charge in [0.25, 0.3) is 0 Å². The molecule has 0 saturated carbocycles. The van der Waals surface area contributed by atoms with E-state index < -0.39 is 0 Å². The molecule has 3 aromatic rings. The Labute approximate surface area is 143 Å². The van der Waals surface area contributed by atoms with Crippen molar-refractivity contribution in [2.45, 2.75) is 13.1 Å². The van der Waals surface area contributed by atoms with Gasteiger partial charge in [0.1, 0.15) is 18.1 Å². The smallest absolute Gasteiger partial charge is 0.243 e. The molecule has 0 bridgehead atoms. The summed E-state index contributed by atoms with van der Waals surface area (Å²) >= 11 is 0. The fraction of sp³-hybridized carbons (Fsp3) is 0.176. The maximum Gasteiger partial charge on any atom is 0.243 e. The van der Waals surface area contributed by atoms with Crippen molar-refractivity contribution in [2.75, 3.05) is 7.11 Å². The number of carbonyl (C=O) groups excluding carboxylic acids is 1. The lowest BCUT2D eigenvalue weighted by Gasteiger charge is -2.06. The van der Waals surface area contributed by atoms with Gasteiger partial charge in [-0.2, -0.15) is 4.80 Å². The van der Waals surface area contributed by atoms with Crippen molar-refractivity contribution in [3.05, 3.63) is 59.9 Å². The molecule has 7 nitrogen and oxygen atoms in total. The number of ether oxygens (including phenoxy) is 1. The first-order chi connectivity index (χ1) is 12.1. The van der Waals surface area contributed by atoms with Crippen LogP contribution in [0.15, 0.2) is 48.5 Å². The standard InChI is InChI=1S/C17H16FN5O2/c1-25-15-4-2-3-12(9-15)10-19-16(24)11-23-21-17(20-22-23)13-5-7-14(18)8-6-13/h2-9H,10-11H2,1H3,(H,19,24). The Morgan fingerprint density at radius 3 is 2.80 bits per heavy atom. The van der Waals surface area contributed by atoms with E-state index in [4.69, 9.17) is 4.74 Å². The van der Waals surface area contributed by atoms with E-state index in [9.17, 15) is 9.18 Å². The molecule has 0 aliphatic heterocycles. The molecule has 8 heteroatoms. The molecule has 1 amide bonds. The van der Waals surface area contributed by atoms with Gasteiger partial charge >= 0.3 is 0 Å². The average molecular weight is 341 g/mol. The third kappa shape index (κ3) is 4.37. The van der Waals surface area contributed by atoms with E-state index in [0.29, 0.717) is 17.9 Å². The van der Waals surface area contributed by atoms with Gasteiger partial charge in [0.15, 0.2) is 0 Å². The second-order valence-corrected chi connectivity index (χ2v) is 5.28. The van der Waals surface area contributed by atoms with Crippen LogP contribution in [0.2, 0.25) is 0 Å². The molecule has 0 aliphatic carbocycles. The van der Waals surface area contributed by atoms with Crippen molar-refractivity contribution in [1.29, 1.82) is 0 Å². The fourth-order valence-electron chi connectivity index (χ4n) is 2.19. The highest BCUT2D eigenvalue weighted by Gasteiger charge is 2.09. The molecule has 0 atom stereocenters. The Morgan fingerprint density at radius 1 is 1.24 bits per heavy atom. The van der Waals surface area contributed by atoms with Crippen LogP contribution in [0.4, 0.5) is 4.39 Å². The predicted molar refractivity (Wildman–Crippen MR) is 88.1 cm³/mol. The first-order valence-electron chi connectivity index (χ1n) is 7.57. The van der Waals surface area contributed by atoms with Gasteiger partial charge in [-0.1, -0.05) is 12.1 Å². The highest BCUT2D eigenvalue weighted by molar-refractivity contribution is 5.75. The van der Waals surface area contributed by atoms with Gasteiger partial charge in [-0.25, -0.2) is 4.39 Å². The second kappa shape index (κ2) is 7.52. The van der Waals surface area contributed by atoms with Gasteiger partial charge in [0, 0.05) is 12.1 Å². The second-order valence-electron chi connectivity index (χ2n) is 5.28. The predicted octanol–water partition coefficient (Wildman–Crippen LogP) is 1.80. The topological polar surface area (TPSA) is 81.9 Å². The van der Waals surface area contributed by atoms with Crippen LogP contribution in [0.1, 0.15) is 5.56 Å². The molecule has 1 N–H and O–H groups in total. The minimum atomic E-state index is -0.340. The number of nitrogens with one attached hydrogen (secondary N) is 1. The third-order valence-electron chi connectivity index (χ3n) is 3.46. The fourth-order valence-corrected chi connectivity index (χ4v) is 2.19. The van der Waals surface area contributed by atoms with Gasteiger partial charge in [-0.15, -0.1) is 10.2 Å². The SMILES string of the molecule is COc1cccc(CNC(=O)Cn2nnc(-c3ccc(F)cc3)n2)c1. The van der Waals surface area contributed by atoms with Crippen molar-refractivity contribution in [3.63, 3.8) is 0 Å². The zero-order valence-electron chi connectivity index (χ0n) is 13.5. The first-order valence-corrected chi connectivity index (χ1v) is 7.57. The number of methoxy groups -OCH3 is 1. The molecule has 0 fully saturated rings. The van der Waals surface area contributed by atoms with Crippen LogP contribution in [-0.2, 0) is 17.9 Å². The number of amides is 1. The Kier molecular flexibility index (Phi) is 4.98. The van der Waals surface area contributed by atoms with Crippen LogP contribution in [0.3, 0.4) is 0 Å². The van der Waals surface area contributed by atoms with Crippen LogP contribution >= 0.6 is 0 Å². The monoisotopic (exact) mass is 341 g/mol. The lowest BCUT2D eigenvalue weighted by atomic mass is 10.2. The molecule has 2 aromatic carbocycles. The van der Waals surface area contributed by atoms with E-state index in [2.05, 4.69) is 20.7 Å². The zero-order valence-corrected chi connectivity index (χ0v) is 13.5. The van der Waals surface area contributed by atoms with Crippen LogP contribution in [0.5, 0.6) is 5.75 Å². The van der Waals surface area contributed by atoms with Crippen molar-refractivity contribution >= 4 is 5.91 Å². The number of nitrogens with zero attached hydrogens (tertiary/aromatic N) is 4. The largest absolute Gasteiger partial charge is 0.497 e. The van der Waals surface area contributed by atoms with E-state index >= 15 is 0 Å². The number of carbonyl (C=O) groups is 1. The van der Waals surface area contributed by atoms with Crippen molar-refractivity contribution in [1.82, 2.24) is 25.5 Å². The van der Waals surface area contributed by atoms with E-state index in [1.807, 2.05) is 24.3 Å². The summed E-state index contributed by atoms with van der Waals surface area (Å²) in [5.74, 6) is 0.480. The molecular weight excluding hydrogens is 325 g/mol. The number of rotatable bonds is 6. The Balaban J connectivity index is 1.57. The summed E-state index contributed by atoms with van der Waals surface area (Å²) in [5, 5.41) is 14.6. The number of aromatic nitrogens is 4. The number of tetrazole rings is 1. The Hall–Kier alpha value is -3.29. The highest BCUT2D eigenvalue weighted by atomic mass is 19.1. The molecule has 128 valence electrons. The maximum atomic E-state index is 12.9. The highest BCUT2D eigenvalue weighted by Crippen LogP contribution is 2.14. The summed E-state index contributed by atoms with van der Waals surface area (Å²) in [6.45, 7) is 0.313. The summed E-state index contributed by atoms with van der Waals surface area (Å²) in [6, 6.07) is 13.2. The van der Waals surface area contributed by atoms with E-state index in [1.165, 1.54) is 16.9 Å². The molecule has 0 unspecified atom stereocenters. The summed E-state index contributed by atoms with van der Waals surface area (Å²) < 4.78 is 18.1. The number of benzene rings is 2. The van der Waals surface area contributed by atoms with E-state index in [1.54, 1.807) is 19.2 Å². The van der Waals surface area contributed by atoms with Gasteiger partial charge in [0.2, 0.25) is 11.7 Å². The molecule has 3 rings (SSSR count). The van der Waals surface area contributed by atoms with Gasteiger partial charge in [0.05, 0.1) is 7.11 Å². The summed E-state index contributed by atoms with van der Waals surface area (Å²) in [6.07, 6.45) is 0. The molecule has 0 aliphatic rings. The summed E-state index contributed by atoms with van der Waals surface area (Å²) in [7, 11) is 1.59. The van der Waals surface area contributed by atoms with E-state index in [0.717, 1.165) is 11.3 Å². The first kappa shape index (κ1) is 16.6. The normalized spacial score (nSPS) is 10.5. The zero-order chi connectivity index (χ0) is 17.6. The van der Waals surface area contributed by atoms with Crippen LogP contribution in [0.25, 0.3) is 11.4 Å². The maximum absolute atomic E-state index is 12.9. The molecule has 0 spiro atoms. The minimum Gasteiger partial charge on any atom is -0.497 e. The van der Waals surface area contributed by atoms with E-state index in [-0.39, 0.29) is 18.3 Å². The number of halogens is 1. The Bertz CT molecular complexity index is 863. The number of hydrogen-bond acceptors (Lipinski definition) is 5. The lowest BCUT2D eigenvalue weighted by molar-refractivity contribution is -0.122. The molecule has 0 radical (unpaired) electrons. The molecule has 1 heterocycles. The van der Waals surface area contributed by atoms with Gasteiger partial charge < -0.3 is 10.1 Å². The molecular formula is C17H16FN5O2. The Morgan fingerprint density at radius 2 is 2.04 bits per heavy atom. The molecule has 1 aromatic heterocycles. The minimum absolute atomic E-state index is 0.0574. The van der Waals surface area contributed by atoms with Gasteiger partial charge in [-0.3, -0.25) is 4.79 Å².